The molecule has 1 amide bonds. The van der Waals surface area contributed by atoms with Crippen LogP contribution >= 0.6 is 0 Å². The Bertz CT molecular complexity index is 244. The van der Waals surface area contributed by atoms with E-state index < -0.39 is 0 Å². The number of carbonyl (C=O) groups excluding carboxylic acids is 1. The van der Waals surface area contributed by atoms with Gasteiger partial charge in [-0.25, -0.2) is 0 Å². The molecule has 0 aromatic rings. The second-order valence-corrected chi connectivity index (χ2v) is 6.41. The van der Waals surface area contributed by atoms with Crippen molar-refractivity contribution in [3.05, 3.63) is 0 Å². The van der Waals surface area contributed by atoms with Crippen LogP contribution in [0.3, 0.4) is 0 Å². The van der Waals surface area contributed by atoms with Gasteiger partial charge < -0.3 is 5.32 Å². The maximum Gasteiger partial charge on any atom is 0.221 e. The van der Waals surface area contributed by atoms with Gasteiger partial charge in [-0.2, -0.15) is 0 Å². The standard InChI is InChI=1S/C19H40N2O/c1-4-7-9-10-11-12-13-14-15-16-19(22)21-18(6-3)20-17-8-5-2/h18,20H,4-17H2,1-3H3,(H,21,22). The molecule has 2 N–H and O–H groups in total. The number of hydrogen-bond donors (Lipinski definition) is 2. The van der Waals surface area contributed by atoms with Crippen LogP contribution in [0.2, 0.25) is 0 Å². The van der Waals surface area contributed by atoms with Crippen LogP contribution in [-0.2, 0) is 4.79 Å². The van der Waals surface area contributed by atoms with Crippen LogP contribution in [-0.4, -0.2) is 18.6 Å². The summed E-state index contributed by atoms with van der Waals surface area (Å²) in [6.45, 7) is 7.55. The Balaban J connectivity index is 3.43. The number of carbonyl (C=O) groups is 1. The minimum Gasteiger partial charge on any atom is -0.341 e. The van der Waals surface area contributed by atoms with E-state index in [2.05, 4.69) is 31.4 Å². The van der Waals surface area contributed by atoms with Crippen LogP contribution < -0.4 is 10.6 Å². The third-order valence-electron chi connectivity index (χ3n) is 4.17. The lowest BCUT2D eigenvalue weighted by Gasteiger charge is -2.18. The fourth-order valence-electron chi connectivity index (χ4n) is 2.61. The van der Waals surface area contributed by atoms with Gasteiger partial charge in [0.2, 0.25) is 5.91 Å². The molecule has 22 heavy (non-hydrogen) atoms. The Morgan fingerprint density at radius 1 is 0.773 bits per heavy atom. The molecule has 0 radical (unpaired) electrons. The van der Waals surface area contributed by atoms with Gasteiger partial charge in [0, 0.05) is 6.42 Å². The highest BCUT2D eigenvalue weighted by Crippen LogP contribution is 2.10. The second kappa shape index (κ2) is 16.8. The van der Waals surface area contributed by atoms with Crippen molar-refractivity contribution in [1.29, 1.82) is 0 Å². The van der Waals surface area contributed by atoms with Crippen LogP contribution in [0.1, 0.15) is 104 Å². The first-order chi connectivity index (χ1) is 10.7. The van der Waals surface area contributed by atoms with E-state index >= 15 is 0 Å². The predicted octanol–water partition coefficient (Wildman–Crippen LogP) is 5.15. The van der Waals surface area contributed by atoms with Gasteiger partial charge in [-0.15, -0.1) is 0 Å². The zero-order valence-electron chi connectivity index (χ0n) is 15.4. The van der Waals surface area contributed by atoms with Gasteiger partial charge in [-0.3, -0.25) is 10.1 Å². The number of nitrogens with one attached hydrogen (secondary N) is 2. The predicted molar refractivity (Wildman–Crippen MR) is 97.0 cm³/mol. The molecule has 3 heteroatoms. The van der Waals surface area contributed by atoms with E-state index in [1.807, 2.05) is 0 Å². The highest BCUT2D eigenvalue weighted by atomic mass is 16.1. The zero-order valence-corrected chi connectivity index (χ0v) is 15.4. The van der Waals surface area contributed by atoms with E-state index in [1.54, 1.807) is 0 Å². The molecule has 0 saturated heterocycles. The molecule has 0 bridgehead atoms. The highest BCUT2D eigenvalue weighted by molar-refractivity contribution is 5.76. The number of unbranched alkanes of at least 4 members (excludes halogenated alkanes) is 9. The van der Waals surface area contributed by atoms with Gasteiger partial charge >= 0.3 is 0 Å². The lowest BCUT2D eigenvalue weighted by molar-refractivity contribution is -0.122. The molecule has 0 aromatic carbocycles. The molecule has 0 aliphatic rings. The van der Waals surface area contributed by atoms with Crippen molar-refractivity contribution in [2.45, 2.75) is 110 Å². The molecule has 0 aliphatic heterocycles. The first kappa shape index (κ1) is 21.4. The van der Waals surface area contributed by atoms with Crippen molar-refractivity contribution in [3.63, 3.8) is 0 Å². The maximum atomic E-state index is 11.9. The zero-order chi connectivity index (χ0) is 16.5. The van der Waals surface area contributed by atoms with Gasteiger partial charge in [-0.1, -0.05) is 78.6 Å². The van der Waals surface area contributed by atoms with Crippen LogP contribution in [0.15, 0.2) is 0 Å². The summed E-state index contributed by atoms with van der Waals surface area (Å²) >= 11 is 0. The molecule has 0 heterocycles. The van der Waals surface area contributed by atoms with Gasteiger partial charge in [0.15, 0.2) is 0 Å². The second-order valence-electron chi connectivity index (χ2n) is 6.41. The fraction of sp³-hybridized carbons (Fsp3) is 0.947. The Morgan fingerprint density at radius 2 is 1.32 bits per heavy atom. The monoisotopic (exact) mass is 312 g/mol. The molecular formula is C19H40N2O. The van der Waals surface area contributed by atoms with Crippen LogP contribution in [0, 0.1) is 0 Å². The lowest BCUT2D eigenvalue weighted by atomic mass is 10.1. The summed E-state index contributed by atoms with van der Waals surface area (Å²) < 4.78 is 0. The van der Waals surface area contributed by atoms with E-state index in [9.17, 15) is 4.79 Å². The Labute approximate surface area is 139 Å². The molecule has 0 aliphatic carbocycles. The average Bonchev–Trinajstić information content (AvgIpc) is 2.52. The molecule has 132 valence electrons. The minimum absolute atomic E-state index is 0.151. The molecule has 3 nitrogen and oxygen atoms in total. The molecule has 0 fully saturated rings. The summed E-state index contributed by atoms with van der Waals surface area (Å²) in [4.78, 5) is 11.9. The first-order valence-electron chi connectivity index (χ1n) is 9.77. The van der Waals surface area contributed by atoms with E-state index in [0.717, 1.165) is 19.4 Å². The van der Waals surface area contributed by atoms with Crippen molar-refractivity contribution >= 4 is 5.91 Å². The summed E-state index contributed by atoms with van der Waals surface area (Å²) in [5, 5.41) is 6.51. The van der Waals surface area contributed by atoms with Crippen molar-refractivity contribution in [2.75, 3.05) is 6.54 Å². The number of amides is 1. The van der Waals surface area contributed by atoms with Crippen LogP contribution in [0.25, 0.3) is 0 Å². The first-order valence-corrected chi connectivity index (χ1v) is 9.77. The average molecular weight is 313 g/mol. The van der Waals surface area contributed by atoms with Crippen molar-refractivity contribution < 1.29 is 4.79 Å². The third kappa shape index (κ3) is 14.4. The molecule has 0 saturated carbocycles. The Kier molecular flexibility index (Phi) is 16.4. The molecule has 1 atom stereocenters. The normalized spacial score (nSPS) is 12.3. The van der Waals surface area contributed by atoms with E-state index in [1.165, 1.54) is 64.2 Å². The summed E-state index contributed by atoms with van der Waals surface area (Å²) in [5.41, 5.74) is 0. The van der Waals surface area contributed by atoms with Gasteiger partial charge in [0.25, 0.3) is 0 Å². The van der Waals surface area contributed by atoms with Gasteiger partial charge in [0.05, 0.1) is 6.17 Å². The van der Waals surface area contributed by atoms with Gasteiger partial charge in [0.1, 0.15) is 0 Å². The van der Waals surface area contributed by atoms with E-state index in [4.69, 9.17) is 0 Å². The number of rotatable bonds is 16. The molecular weight excluding hydrogens is 272 g/mol. The van der Waals surface area contributed by atoms with Crippen LogP contribution in [0.5, 0.6) is 0 Å². The minimum atomic E-state index is 0.151. The van der Waals surface area contributed by atoms with Crippen molar-refractivity contribution in [1.82, 2.24) is 10.6 Å². The fourth-order valence-corrected chi connectivity index (χ4v) is 2.61. The smallest absolute Gasteiger partial charge is 0.221 e. The maximum absolute atomic E-state index is 11.9. The van der Waals surface area contributed by atoms with Crippen molar-refractivity contribution in [2.24, 2.45) is 0 Å². The topological polar surface area (TPSA) is 41.1 Å². The lowest BCUT2D eigenvalue weighted by Crippen LogP contribution is -2.45. The van der Waals surface area contributed by atoms with Gasteiger partial charge in [-0.05, 0) is 25.8 Å². The Morgan fingerprint density at radius 3 is 1.86 bits per heavy atom. The van der Waals surface area contributed by atoms with E-state index in [0.29, 0.717) is 6.42 Å². The van der Waals surface area contributed by atoms with E-state index in [-0.39, 0.29) is 12.1 Å². The summed E-state index contributed by atoms with van der Waals surface area (Å²) in [5.74, 6) is 0.207. The third-order valence-corrected chi connectivity index (χ3v) is 4.17. The summed E-state index contributed by atoms with van der Waals surface area (Å²) in [6.07, 6.45) is 15.8. The van der Waals surface area contributed by atoms with Crippen molar-refractivity contribution in [3.8, 4) is 0 Å². The molecule has 0 spiro atoms. The molecule has 0 aromatic heterocycles. The summed E-state index contributed by atoms with van der Waals surface area (Å²) in [6, 6.07) is 0. The largest absolute Gasteiger partial charge is 0.341 e. The Hall–Kier alpha value is -0.570. The highest BCUT2D eigenvalue weighted by Gasteiger charge is 2.08. The van der Waals surface area contributed by atoms with Crippen LogP contribution in [0.4, 0.5) is 0 Å². The summed E-state index contributed by atoms with van der Waals surface area (Å²) in [7, 11) is 0. The molecule has 0 rings (SSSR count). The quantitative estimate of drug-likeness (QED) is 0.306. The SMILES string of the molecule is CCCCCCCCCCCC(=O)NC(CC)NCCCC. The molecule has 1 unspecified atom stereocenters. The number of hydrogen-bond acceptors (Lipinski definition) is 2.